The number of benzene rings is 3. The number of hydrogen-bond acceptors (Lipinski definition) is 4. The lowest BCUT2D eigenvalue weighted by Crippen LogP contribution is -2.14. The van der Waals surface area contributed by atoms with Crippen molar-refractivity contribution >= 4 is 17.6 Å². The van der Waals surface area contributed by atoms with Crippen molar-refractivity contribution in [3.05, 3.63) is 108 Å². The van der Waals surface area contributed by atoms with Gasteiger partial charge in [-0.1, -0.05) is 30.3 Å². The van der Waals surface area contributed by atoms with E-state index in [4.69, 9.17) is 9.47 Å². The molecule has 0 aliphatic rings. The molecule has 0 spiro atoms. The maximum atomic E-state index is 5.28. The molecular weight excluding hydrogens is 398 g/mol. The topological polar surface area (TPSA) is 58.6 Å². The standard InChI is InChI=1S/C27H27N3O2/c1-31-24-13-8-21(9-14-24)28-19-23-12-17-26(30-23)27(18-20-6-4-3-5-7-20)29-22-10-15-25(32-2)16-11-22/h3-17,19,27,29-30H,18H2,1-2H3. The minimum Gasteiger partial charge on any atom is -0.497 e. The average molecular weight is 426 g/mol. The van der Waals surface area contributed by atoms with Gasteiger partial charge in [0.25, 0.3) is 0 Å². The Morgan fingerprint density at radius 1 is 0.812 bits per heavy atom. The molecular formula is C27H27N3O2. The Kier molecular flexibility index (Phi) is 6.88. The zero-order valence-corrected chi connectivity index (χ0v) is 18.3. The van der Waals surface area contributed by atoms with Gasteiger partial charge in [0, 0.05) is 11.4 Å². The molecule has 0 bridgehead atoms. The van der Waals surface area contributed by atoms with E-state index in [1.807, 2.05) is 60.8 Å². The van der Waals surface area contributed by atoms with Crippen LogP contribution in [0.15, 0.2) is 96.0 Å². The first kappa shape index (κ1) is 21.2. The fourth-order valence-corrected chi connectivity index (χ4v) is 3.50. The quantitative estimate of drug-likeness (QED) is 0.315. The third-order valence-electron chi connectivity index (χ3n) is 5.25. The molecule has 0 aliphatic carbocycles. The molecule has 4 rings (SSSR count). The van der Waals surface area contributed by atoms with Gasteiger partial charge < -0.3 is 19.8 Å². The van der Waals surface area contributed by atoms with Crippen LogP contribution in [0.25, 0.3) is 0 Å². The van der Waals surface area contributed by atoms with Gasteiger partial charge in [0.1, 0.15) is 11.5 Å². The number of nitrogens with zero attached hydrogens (tertiary/aromatic N) is 1. The van der Waals surface area contributed by atoms with E-state index in [0.29, 0.717) is 0 Å². The molecule has 3 aromatic carbocycles. The van der Waals surface area contributed by atoms with Crippen LogP contribution in [0.3, 0.4) is 0 Å². The predicted octanol–water partition coefficient (Wildman–Crippen LogP) is 6.18. The lowest BCUT2D eigenvalue weighted by atomic mass is 10.0. The Bertz CT molecular complexity index is 1130. The van der Waals surface area contributed by atoms with Crippen molar-refractivity contribution in [3.8, 4) is 11.5 Å². The molecule has 32 heavy (non-hydrogen) atoms. The molecule has 4 aromatic rings. The molecule has 0 fully saturated rings. The fraction of sp³-hybridized carbons (Fsp3) is 0.148. The summed E-state index contributed by atoms with van der Waals surface area (Å²) >= 11 is 0. The highest BCUT2D eigenvalue weighted by molar-refractivity contribution is 5.80. The SMILES string of the molecule is COc1ccc(N=Cc2ccc(C(Cc3ccccc3)Nc3ccc(OC)cc3)[nH]2)cc1. The molecule has 2 N–H and O–H groups in total. The van der Waals surface area contributed by atoms with Crippen molar-refractivity contribution in [1.82, 2.24) is 4.98 Å². The van der Waals surface area contributed by atoms with Gasteiger partial charge in [-0.15, -0.1) is 0 Å². The number of aliphatic imine (C=N–C) groups is 1. The van der Waals surface area contributed by atoms with E-state index in [1.165, 1.54) is 5.56 Å². The maximum absolute atomic E-state index is 5.28. The van der Waals surface area contributed by atoms with Gasteiger partial charge in [0.2, 0.25) is 0 Å². The number of H-pyrrole nitrogens is 1. The number of methoxy groups -OCH3 is 2. The van der Waals surface area contributed by atoms with Crippen LogP contribution in [-0.2, 0) is 6.42 Å². The molecule has 1 atom stereocenters. The Hall–Kier alpha value is -3.99. The van der Waals surface area contributed by atoms with Crippen LogP contribution in [0.1, 0.15) is 23.0 Å². The van der Waals surface area contributed by atoms with E-state index in [9.17, 15) is 0 Å². The van der Waals surface area contributed by atoms with Crippen molar-refractivity contribution in [2.75, 3.05) is 19.5 Å². The largest absolute Gasteiger partial charge is 0.497 e. The van der Waals surface area contributed by atoms with Crippen LogP contribution >= 0.6 is 0 Å². The number of rotatable bonds is 9. The van der Waals surface area contributed by atoms with Crippen LogP contribution in [0.5, 0.6) is 11.5 Å². The maximum Gasteiger partial charge on any atom is 0.119 e. The zero-order chi connectivity index (χ0) is 22.2. The van der Waals surface area contributed by atoms with Crippen molar-refractivity contribution in [2.24, 2.45) is 4.99 Å². The second kappa shape index (κ2) is 10.4. The summed E-state index contributed by atoms with van der Waals surface area (Å²) in [5.41, 5.74) is 5.22. The van der Waals surface area contributed by atoms with Gasteiger partial charge in [-0.3, -0.25) is 4.99 Å². The van der Waals surface area contributed by atoms with Crippen LogP contribution in [-0.4, -0.2) is 25.4 Å². The Morgan fingerprint density at radius 2 is 1.47 bits per heavy atom. The first-order valence-electron chi connectivity index (χ1n) is 10.5. The van der Waals surface area contributed by atoms with E-state index in [2.05, 4.69) is 51.7 Å². The summed E-state index contributed by atoms with van der Waals surface area (Å²) in [5, 5.41) is 3.65. The highest BCUT2D eigenvalue weighted by Crippen LogP contribution is 2.25. The van der Waals surface area contributed by atoms with Gasteiger partial charge >= 0.3 is 0 Å². The molecule has 1 heterocycles. The van der Waals surface area contributed by atoms with Gasteiger partial charge in [-0.05, 0) is 72.6 Å². The molecule has 5 heteroatoms. The lowest BCUT2D eigenvalue weighted by Gasteiger charge is -2.19. The van der Waals surface area contributed by atoms with Gasteiger partial charge in [-0.25, -0.2) is 0 Å². The lowest BCUT2D eigenvalue weighted by molar-refractivity contribution is 0.414. The van der Waals surface area contributed by atoms with E-state index in [-0.39, 0.29) is 6.04 Å². The predicted molar refractivity (Wildman–Crippen MR) is 131 cm³/mol. The van der Waals surface area contributed by atoms with E-state index >= 15 is 0 Å². The molecule has 162 valence electrons. The number of aromatic amines is 1. The summed E-state index contributed by atoms with van der Waals surface area (Å²) in [4.78, 5) is 8.07. The van der Waals surface area contributed by atoms with E-state index in [1.54, 1.807) is 14.2 Å². The zero-order valence-electron chi connectivity index (χ0n) is 18.3. The molecule has 0 saturated carbocycles. The van der Waals surface area contributed by atoms with Crippen LogP contribution in [0.4, 0.5) is 11.4 Å². The highest BCUT2D eigenvalue weighted by Gasteiger charge is 2.14. The molecule has 0 aliphatic heterocycles. The second-order valence-electron chi connectivity index (χ2n) is 7.44. The minimum absolute atomic E-state index is 0.0777. The Morgan fingerprint density at radius 3 is 2.12 bits per heavy atom. The third kappa shape index (κ3) is 5.58. The van der Waals surface area contributed by atoms with E-state index in [0.717, 1.165) is 40.7 Å². The average Bonchev–Trinajstić information content (AvgIpc) is 3.33. The Balaban J connectivity index is 1.53. The fourth-order valence-electron chi connectivity index (χ4n) is 3.50. The molecule has 5 nitrogen and oxygen atoms in total. The molecule has 0 radical (unpaired) electrons. The number of aromatic nitrogens is 1. The number of nitrogens with one attached hydrogen (secondary N) is 2. The van der Waals surface area contributed by atoms with Gasteiger partial charge in [0.05, 0.1) is 37.9 Å². The minimum atomic E-state index is 0.0777. The van der Waals surface area contributed by atoms with Crippen LogP contribution in [0, 0.1) is 0 Å². The molecule has 1 unspecified atom stereocenters. The molecule has 1 aromatic heterocycles. The Labute approximate surface area is 188 Å². The first-order chi connectivity index (χ1) is 15.7. The third-order valence-corrected chi connectivity index (χ3v) is 5.25. The van der Waals surface area contributed by atoms with Crippen molar-refractivity contribution in [1.29, 1.82) is 0 Å². The smallest absolute Gasteiger partial charge is 0.119 e. The molecule has 0 amide bonds. The van der Waals surface area contributed by atoms with Crippen molar-refractivity contribution in [3.63, 3.8) is 0 Å². The molecule has 0 saturated heterocycles. The summed E-state index contributed by atoms with van der Waals surface area (Å²) in [6.07, 6.45) is 2.70. The monoisotopic (exact) mass is 425 g/mol. The summed E-state index contributed by atoms with van der Waals surface area (Å²) < 4.78 is 10.5. The summed E-state index contributed by atoms with van der Waals surface area (Å²) in [6, 6.07) is 30.4. The summed E-state index contributed by atoms with van der Waals surface area (Å²) in [7, 11) is 3.33. The van der Waals surface area contributed by atoms with Crippen LogP contribution < -0.4 is 14.8 Å². The number of anilines is 1. The van der Waals surface area contributed by atoms with Gasteiger partial charge in [-0.2, -0.15) is 0 Å². The second-order valence-corrected chi connectivity index (χ2v) is 7.44. The number of ether oxygens (including phenoxy) is 2. The summed E-state index contributed by atoms with van der Waals surface area (Å²) in [5.74, 6) is 1.66. The van der Waals surface area contributed by atoms with E-state index < -0.39 is 0 Å². The van der Waals surface area contributed by atoms with Crippen molar-refractivity contribution < 1.29 is 9.47 Å². The first-order valence-corrected chi connectivity index (χ1v) is 10.5. The van der Waals surface area contributed by atoms with Crippen molar-refractivity contribution in [2.45, 2.75) is 12.5 Å². The normalized spacial score (nSPS) is 11.9. The van der Waals surface area contributed by atoms with Crippen LogP contribution in [0.2, 0.25) is 0 Å². The highest BCUT2D eigenvalue weighted by atomic mass is 16.5. The number of hydrogen-bond donors (Lipinski definition) is 2. The van der Waals surface area contributed by atoms with Gasteiger partial charge in [0.15, 0.2) is 0 Å². The summed E-state index contributed by atoms with van der Waals surface area (Å²) in [6.45, 7) is 0.